The first-order valence-corrected chi connectivity index (χ1v) is 8.67. The van der Waals surface area contributed by atoms with E-state index in [-0.39, 0.29) is 12.0 Å². The van der Waals surface area contributed by atoms with Crippen molar-refractivity contribution in [2.24, 2.45) is 0 Å². The largest absolute Gasteiger partial charge is 0.497 e. The molecule has 0 saturated carbocycles. The summed E-state index contributed by atoms with van der Waals surface area (Å²) in [4.78, 5) is 26.9. The van der Waals surface area contributed by atoms with Crippen molar-refractivity contribution in [3.8, 4) is 11.5 Å². The van der Waals surface area contributed by atoms with E-state index in [9.17, 15) is 14.7 Å². The van der Waals surface area contributed by atoms with Crippen LogP contribution in [0.3, 0.4) is 0 Å². The van der Waals surface area contributed by atoms with Gasteiger partial charge in [-0.3, -0.25) is 9.59 Å². The van der Waals surface area contributed by atoms with Crippen LogP contribution in [0.5, 0.6) is 11.5 Å². The number of halogens is 1. The van der Waals surface area contributed by atoms with Gasteiger partial charge in [-0.15, -0.1) is 0 Å². The van der Waals surface area contributed by atoms with Crippen LogP contribution in [0.15, 0.2) is 40.9 Å². The molecule has 7 heteroatoms. The van der Waals surface area contributed by atoms with E-state index in [1.165, 1.54) is 19.1 Å². The Morgan fingerprint density at radius 1 is 1.19 bits per heavy atom. The Balaban J connectivity index is 2.00. The second-order valence-corrected chi connectivity index (χ2v) is 6.97. The minimum absolute atomic E-state index is 0.278. The number of ether oxygens (including phenoxy) is 2. The van der Waals surface area contributed by atoms with Gasteiger partial charge in [0.1, 0.15) is 11.5 Å². The summed E-state index contributed by atoms with van der Waals surface area (Å²) in [5.41, 5.74) is -0.661. The number of carbonyl (C=O) groups excluding carboxylic acids is 2. The Morgan fingerprint density at radius 2 is 1.92 bits per heavy atom. The van der Waals surface area contributed by atoms with Crippen molar-refractivity contribution in [2.75, 3.05) is 26.2 Å². The third-order valence-electron chi connectivity index (χ3n) is 4.55. The van der Waals surface area contributed by atoms with Gasteiger partial charge >= 0.3 is 0 Å². The van der Waals surface area contributed by atoms with Crippen LogP contribution in [-0.2, 0) is 10.4 Å². The molecular formula is C19H18BrNO5. The van der Waals surface area contributed by atoms with Gasteiger partial charge in [-0.05, 0) is 30.3 Å². The van der Waals surface area contributed by atoms with Gasteiger partial charge in [-0.1, -0.05) is 15.9 Å². The molecule has 2 aromatic carbocycles. The quantitative estimate of drug-likeness (QED) is 0.753. The fraction of sp³-hybridized carbons (Fsp3) is 0.263. The Labute approximate surface area is 159 Å². The molecule has 136 valence electrons. The lowest BCUT2D eigenvalue weighted by Gasteiger charge is -2.21. The Hall–Kier alpha value is -2.38. The number of carbonyl (C=O) groups is 2. The minimum Gasteiger partial charge on any atom is -0.497 e. The van der Waals surface area contributed by atoms with Crippen LogP contribution in [0.1, 0.15) is 22.3 Å². The predicted octanol–water partition coefficient (Wildman–Crippen LogP) is 2.90. The van der Waals surface area contributed by atoms with Crippen LogP contribution < -0.4 is 14.4 Å². The first kappa shape index (κ1) is 18.4. The SMILES string of the molecule is COc1ccc(C(=O)C[C@]2(O)C(=O)N(C)c3ccc(Br)cc32)c(OC)c1. The summed E-state index contributed by atoms with van der Waals surface area (Å²) in [6.45, 7) is 0. The number of methoxy groups -OCH3 is 2. The number of anilines is 1. The molecule has 6 nitrogen and oxygen atoms in total. The first-order chi connectivity index (χ1) is 12.3. The number of rotatable bonds is 5. The molecule has 0 saturated heterocycles. The highest BCUT2D eigenvalue weighted by molar-refractivity contribution is 9.10. The number of hydrogen-bond acceptors (Lipinski definition) is 5. The molecule has 0 spiro atoms. The maximum atomic E-state index is 12.9. The molecule has 3 rings (SSSR count). The molecule has 0 aromatic heterocycles. The normalized spacial score (nSPS) is 18.7. The van der Waals surface area contributed by atoms with Gasteiger partial charge in [-0.25, -0.2) is 0 Å². The van der Waals surface area contributed by atoms with E-state index in [0.29, 0.717) is 27.2 Å². The summed E-state index contributed by atoms with van der Waals surface area (Å²) < 4.78 is 11.1. The summed E-state index contributed by atoms with van der Waals surface area (Å²) in [7, 11) is 4.54. The average Bonchev–Trinajstić information content (AvgIpc) is 2.82. The standard InChI is InChI=1S/C19H18BrNO5/c1-21-15-7-4-11(20)8-14(15)19(24,18(21)23)10-16(22)13-6-5-12(25-2)9-17(13)26-3/h4-9,24H,10H2,1-3H3/t19-/m1/s1. The van der Waals surface area contributed by atoms with Gasteiger partial charge in [0, 0.05) is 23.2 Å². The second-order valence-electron chi connectivity index (χ2n) is 6.05. The van der Waals surface area contributed by atoms with E-state index in [1.54, 1.807) is 43.4 Å². The fourth-order valence-electron chi connectivity index (χ4n) is 3.16. The van der Waals surface area contributed by atoms with Crippen molar-refractivity contribution >= 4 is 33.3 Å². The summed E-state index contributed by atoms with van der Waals surface area (Å²) >= 11 is 3.35. The Kier molecular flexibility index (Phi) is 4.77. The summed E-state index contributed by atoms with van der Waals surface area (Å²) in [5, 5.41) is 11.1. The molecule has 0 aliphatic carbocycles. The molecule has 1 atom stereocenters. The third-order valence-corrected chi connectivity index (χ3v) is 5.04. The van der Waals surface area contributed by atoms with Crippen molar-refractivity contribution in [2.45, 2.75) is 12.0 Å². The lowest BCUT2D eigenvalue weighted by Crippen LogP contribution is -2.40. The van der Waals surface area contributed by atoms with E-state index in [2.05, 4.69) is 15.9 Å². The van der Waals surface area contributed by atoms with Crippen molar-refractivity contribution in [1.82, 2.24) is 0 Å². The van der Waals surface area contributed by atoms with Crippen LogP contribution in [-0.4, -0.2) is 38.1 Å². The van der Waals surface area contributed by atoms with Gasteiger partial charge in [-0.2, -0.15) is 0 Å². The van der Waals surface area contributed by atoms with Crippen LogP contribution in [0.2, 0.25) is 0 Å². The van der Waals surface area contributed by atoms with E-state index >= 15 is 0 Å². The molecule has 0 unspecified atom stereocenters. The molecule has 1 N–H and O–H groups in total. The summed E-state index contributed by atoms with van der Waals surface area (Å²) in [5.74, 6) is -0.0673. The van der Waals surface area contributed by atoms with E-state index < -0.39 is 17.3 Å². The van der Waals surface area contributed by atoms with Gasteiger partial charge in [0.05, 0.1) is 31.9 Å². The maximum absolute atomic E-state index is 12.9. The lowest BCUT2D eigenvalue weighted by molar-refractivity contribution is -0.135. The minimum atomic E-state index is -1.92. The maximum Gasteiger partial charge on any atom is 0.263 e. The number of ketones is 1. The number of amides is 1. The van der Waals surface area contributed by atoms with Crippen molar-refractivity contribution in [3.05, 3.63) is 52.0 Å². The lowest BCUT2D eigenvalue weighted by atomic mass is 9.88. The Morgan fingerprint density at radius 3 is 2.58 bits per heavy atom. The topological polar surface area (TPSA) is 76.1 Å². The zero-order valence-electron chi connectivity index (χ0n) is 14.6. The monoisotopic (exact) mass is 419 g/mol. The van der Waals surface area contributed by atoms with Gasteiger partial charge in [0.2, 0.25) is 0 Å². The number of nitrogens with zero attached hydrogens (tertiary/aromatic N) is 1. The molecule has 1 heterocycles. The average molecular weight is 420 g/mol. The molecule has 26 heavy (non-hydrogen) atoms. The molecular weight excluding hydrogens is 402 g/mol. The molecule has 0 fully saturated rings. The Bertz CT molecular complexity index is 897. The van der Waals surface area contributed by atoms with E-state index in [1.807, 2.05) is 0 Å². The fourth-order valence-corrected chi connectivity index (χ4v) is 3.52. The second kappa shape index (κ2) is 6.74. The first-order valence-electron chi connectivity index (χ1n) is 7.87. The number of Topliss-reactive ketones (excluding diaryl/α,β-unsaturated/α-hetero) is 1. The molecule has 0 radical (unpaired) electrons. The molecule has 1 amide bonds. The molecule has 0 bridgehead atoms. The van der Waals surface area contributed by atoms with Gasteiger partial charge < -0.3 is 19.5 Å². The number of fused-ring (bicyclic) bond motifs is 1. The summed E-state index contributed by atoms with van der Waals surface area (Å²) in [6.07, 6.45) is -0.387. The molecule has 2 aromatic rings. The summed E-state index contributed by atoms with van der Waals surface area (Å²) in [6, 6.07) is 9.96. The van der Waals surface area contributed by atoms with Crippen molar-refractivity contribution < 1.29 is 24.2 Å². The molecule has 1 aliphatic rings. The third kappa shape index (κ3) is 2.87. The van der Waals surface area contributed by atoms with Gasteiger partial charge in [0.15, 0.2) is 11.4 Å². The highest BCUT2D eigenvalue weighted by atomic mass is 79.9. The number of aliphatic hydroxyl groups is 1. The van der Waals surface area contributed by atoms with Crippen LogP contribution in [0.4, 0.5) is 5.69 Å². The number of hydrogen-bond donors (Lipinski definition) is 1. The van der Waals surface area contributed by atoms with E-state index in [4.69, 9.17) is 9.47 Å². The van der Waals surface area contributed by atoms with Crippen molar-refractivity contribution in [3.63, 3.8) is 0 Å². The van der Waals surface area contributed by atoms with Gasteiger partial charge in [0.25, 0.3) is 5.91 Å². The number of likely N-dealkylation sites (N-methyl/N-ethyl adjacent to an activating group) is 1. The zero-order valence-corrected chi connectivity index (χ0v) is 16.2. The molecule has 1 aliphatic heterocycles. The highest BCUT2D eigenvalue weighted by Crippen LogP contribution is 2.43. The number of benzene rings is 2. The van der Waals surface area contributed by atoms with Crippen molar-refractivity contribution in [1.29, 1.82) is 0 Å². The highest BCUT2D eigenvalue weighted by Gasteiger charge is 2.50. The van der Waals surface area contributed by atoms with Crippen LogP contribution in [0, 0.1) is 0 Å². The predicted molar refractivity (Wildman–Crippen MR) is 99.9 cm³/mol. The smallest absolute Gasteiger partial charge is 0.263 e. The zero-order chi connectivity index (χ0) is 19.1. The van der Waals surface area contributed by atoms with Crippen LogP contribution >= 0.6 is 15.9 Å². The van der Waals surface area contributed by atoms with E-state index in [0.717, 1.165) is 0 Å². The van der Waals surface area contributed by atoms with Crippen LogP contribution in [0.25, 0.3) is 0 Å².